The van der Waals surface area contributed by atoms with Crippen LogP contribution < -0.4 is 5.73 Å². The second-order valence-corrected chi connectivity index (χ2v) is 9.86. The molecule has 2 unspecified atom stereocenters. The first kappa shape index (κ1) is 30.6. The second kappa shape index (κ2) is 13.6. The van der Waals surface area contributed by atoms with E-state index < -0.39 is 30.3 Å². The molecule has 1 aliphatic rings. The molecule has 0 aromatic heterocycles. The minimum Gasteiger partial charge on any atom is -0.464 e. The molecule has 0 amide bonds. The molecule has 35 heavy (non-hydrogen) atoms. The number of esters is 1. The summed E-state index contributed by atoms with van der Waals surface area (Å²) < 4.78 is 36.9. The summed E-state index contributed by atoms with van der Waals surface area (Å²) in [5.41, 5.74) is 6.03. The lowest BCUT2D eigenvalue weighted by Crippen LogP contribution is -2.43. The van der Waals surface area contributed by atoms with E-state index in [4.69, 9.17) is 10.5 Å². The van der Waals surface area contributed by atoms with E-state index in [1.165, 1.54) is 6.07 Å². The molecule has 0 bridgehead atoms. The molecule has 2 atom stereocenters. The smallest absolute Gasteiger partial charge is 0.338 e. The van der Waals surface area contributed by atoms with E-state index in [1.807, 2.05) is 25.7 Å². The van der Waals surface area contributed by atoms with Crippen molar-refractivity contribution in [3.8, 4) is 0 Å². The SMILES string of the molecule is CC(C)(C)OC=O.CCOC(=O)C(N=Cc1c(C(F)F)cc(Br)c(C)c1N)C(=O)C1CCCN1C. The molecule has 0 aliphatic carbocycles. The average Bonchev–Trinajstić information content (AvgIpc) is 3.18. The number of nitrogen functional groups attached to an aromatic ring is 1. The summed E-state index contributed by atoms with van der Waals surface area (Å²) in [5, 5.41) is 0. The van der Waals surface area contributed by atoms with Crippen molar-refractivity contribution in [2.24, 2.45) is 4.99 Å². The highest BCUT2D eigenvalue weighted by atomic mass is 79.9. The molecule has 11 heteroatoms. The molecule has 196 valence electrons. The number of likely N-dealkylation sites (tertiary alicyclic amines) is 1. The largest absolute Gasteiger partial charge is 0.464 e. The molecule has 1 saturated heterocycles. The van der Waals surface area contributed by atoms with E-state index in [9.17, 15) is 23.2 Å². The highest BCUT2D eigenvalue weighted by Crippen LogP contribution is 2.33. The van der Waals surface area contributed by atoms with Gasteiger partial charge < -0.3 is 15.2 Å². The Morgan fingerprint density at radius 3 is 2.43 bits per heavy atom. The maximum atomic E-state index is 13.5. The molecule has 0 spiro atoms. The molecule has 1 heterocycles. The van der Waals surface area contributed by atoms with Crippen LogP contribution in [0.4, 0.5) is 14.5 Å². The number of rotatable bonds is 8. The molecule has 2 N–H and O–H groups in total. The lowest BCUT2D eigenvalue weighted by Gasteiger charge is -2.21. The van der Waals surface area contributed by atoms with E-state index in [-0.39, 0.29) is 29.0 Å². The van der Waals surface area contributed by atoms with Crippen LogP contribution in [-0.4, -0.2) is 67.2 Å². The number of halogens is 3. The summed E-state index contributed by atoms with van der Waals surface area (Å²) >= 11 is 3.21. The number of carbonyl (C=O) groups excluding carboxylic acids is 3. The van der Waals surface area contributed by atoms with Crippen LogP contribution in [0.5, 0.6) is 0 Å². The van der Waals surface area contributed by atoms with Gasteiger partial charge in [0.1, 0.15) is 5.60 Å². The van der Waals surface area contributed by atoms with Gasteiger partial charge in [-0.2, -0.15) is 0 Å². The topological polar surface area (TPSA) is 111 Å². The lowest BCUT2D eigenvalue weighted by atomic mass is 10.0. The van der Waals surface area contributed by atoms with Crippen molar-refractivity contribution in [1.29, 1.82) is 0 Å². The first-order valence-corrected chi connectivity index (χ1v) is 12.0. The molecule has 1 aliphatic heterocycles. The molecule has 1 fully saturated rings. The Kier molecular flexibility index (Phi) is 11.9. The third-order valence-corrected chi connectivity index (χ3v) is 6.09. The number of benzene rings is 1. The maximum Gasteiger partial charge on any atom is 0.338 e. The Bertz CT molecular complexity index is 935. The summed E-state index contributed by atoms with van der Waals surface area (Å²) in [5.74, 6) is -1.20. The van der Waals surface area contributed by atoms with Crippen LogP contribution in [-0.2, 0) is 23.9 Å². The van der Waals surface area contributed by atoms with Crippen LogP contribution in [0.25, 0.3) is 0 Å². The van der Waals surface area contributed by atoms with E-state index >= 15 is 0 Å². The van der Waals surface area contributed by atoms with Gasteiger partial charge in [0, 0.05) is 27.5 Å². The van der Waals surface area contributed by atoms with Crippen LogP contribution in [0.15, 0.2) is 15.5 Å². The van der Waals surface area contributed by atoms with Gasteiger partial charge in [-0.15, -0.1) is 0 Å². The first-order chi connectivity index (χ1) is 16.2. The molecular weight excluding hydrogens is 528 g/mol. The molecule has 1 aromatic rings. The number of Topliss-reactive ketones (excluding diaryl/α,β-unsaturated/α-hetero) is 1. The van der Waals surface area contributed by atoms with Crippen LogP contribution in [0, 0.1) is 6.92 Å². The van der Waals surface area contributed by atoms with E-state index in [2.05, 4.69) is 25.7 Å². The second-order valence-electron chi connectivity index (χ2n) is 9.00. The minimum absolute atomic E-state index is 0.00225. The molecule has 2 rings (SSSR count). The third-order valence-electron chi connectivity index (χ3n) is 5.26. The standard InChI is InChI=1S/C19H24BrF2N3O3.C5H10O2/c1-4-28-19(27)16(17(26)14-6-5-7-25(14)3)24-9-12-11(18(21)22)8-13(20)10(2)15(12)23;1-5(2,3)7-4-6/h8-9,14,16,18H,4-7,23H2,1-3H3;4H,1-3H3. The zero-order valence-corrected chi connectivity index (χ0v) is 22.5. The van der Waals surface area contributed by atoms with Crippen LogP contribution >= 0.6 is 15.9 Å². The summed E-state index contributed by atoms with van der Waals surface area (Å²) in [6.07, 6.45) is -0.258. The van der Waals surface area contributed by atoms with Gasteiger partial charge >= 0.3 is 5.97 Å². The monoisotopic (exact) mass is 561 g/mol. The Hall–Kier alpha value is -2.40. The number of hydrogen-bond acceptors (Lipinski definition) is 8. The predicted molar refractivity (Wildman–Crippen MR) is 134 cm³/mol. The number of carbonyl (C=O) groups is 3. The molecule has 8 nitrogen and oxygen atoms in total. The fraction of sp³-hybridized carbons (Fsp3) is 0.583. The number of alkyl halides is 2. The van der Waals surface area contributed by atoms with Crippen molar-refractivity contribution < 1.29 is 32.6 Å². The minimum atomic E-state index is -2.79. The van der Waals surface area contributed by atoms with Gasteiger partial charge in [0.2, 0.25) is 6.04 Å². The van der Waals surface area contributed by atoms with Gasteiger partial charge in [-0.3, -0.25) is 19.5 Å². The first-order valence-electron chi connectivity index (χ1n) is 11.2. The van der Waals surface area contributed by atoms with Gasteiger partial charge in [0.25, 0.3) is 12.9 Å². The number of ether oxygens (including phenoxy) is 2. The summed E-state index contributed by atoms with van der Waals surface area (Å²) in [6.45, 7) is 10.0. The van der Waals surface area contributed by atoms with Crippen LogP contribution in [0.2, 0.25) is 0 Å². The van der Waals surface area contributed by atoms with Crippen molar-refractivity contribution in [3.05, 3.63) is 27.2 Å². The van der Waals surface area contributed by atoms with Crippen molar-refractivity contribution in [1.82, 2.24) is 4.90 Å². The number of anilines is 1. The highest BCUT2D eigenvalue weighted by Gasteiger charge is 2.37. The van der Waals surface area contributed by atoms with Crippen LogP contribution in [0.1, 0.15) is 63.7 Å². The van der Waals surface area contributed by atoms with Crippen molar-refractivity contribution in [2.75, 3.05) is 25.9 Å². The molecule has 1 aromatic carbocycles. The Morgan fingerprint density at radius 1 is 1.37 bits per heavy atom. The van der Waals surface area contributed by atoms with Crippen molar-refractivity contribution in [2.45, 2.75) is 71.6 Å². The summed E-state index contributed by atoms with van der Waals surface area (Å²) in [7, 11) is 1.80. The quantitative estimate of drug-likeness (QED) is 0.166. The van der Waals surface area contributed by atoms with Crippen molar-refractivity contribution in [3.63, 3.8) is 0 Å². The molecule has 0 radical (unpaired) electrons. The molecular formula is C24H34BrF2N3O5. The fourth-order valence-electron chi connectivity index (χ4n) is 3.35. The zero-order valence-electron chi connectivity index (χ0n) is 20.9. The number of nitrogens with zero attached hydrogens (tertiary/aromatic N) is 2. The van der Waals surface area contributed by atoms with E-state index in [0.29, 0.717) is 22.9 Å². The van der Waals surface area contributed by atoms with Gasteiger partial charge in [-0.05, 0) is 72.7 Å². The predicted octanol–water partition coefficient (Wildman–Crippen LogP) is 4.25. The van der Waals surface area contributed by atoms with Crippen molar-refractivity contribution >= 4 is 46.1 Å². The normalized spacial score (nSPS) is 17.1. The van der Waals surface area contributed by atoms with Crippen LogP contribution in [0.3, 0.4) is 0 Å². The van der Waals surface area contributed by atoms with Gasteiger partial charge in [0.15, 0.2) is 5.78 Å². The number of hydrogen-bond donors (Lipinski definition) is 1. The fourth-order valence-corrected chi connectivity index (χ4v) is 3.81. The highest BCUT2D eigenvalue weighted by molar-refractivity contribution is 9.10. The molecule has 0 saturated carbocycles. The third kappa shape index (κ3) is 8.96. The van der Waals surface area contributed by atoms with E-state index in [0.717, 1.165) is 19.2 Å². The summed E-state index contributed by atoms with van der Waals surface area (Å²) in [6, 6.07) is -0.603. The van der Waals surface area contributed by atoms with Gasteiger partial charge in [-0.25, -0.2) is 13.6 Å². The van der Waals surface area contributed by atoms with Gasteiger partial charge in [-0.1, -0.05) is 15.9 Å². The Morgan fingerprint density at radius 2 is 2.00 bits per heavy atom. The average molecular weight is 562 g/mol. The zero-order chi connectivity index (χ0) is 26.9. The van der Waals surface area contributed by atoms with Gasteiger partial charge in [0.05, 0.1) is 12.6 Å². The number of nitrogens with two attached hydrogens (primary N) is 1. The number of ketones is 1. The van der Waals surface area contributed by atoms with E-state index in [1.54, 1.807) is 20.9 Å². The summed E-state index contributed by atoms with van der Waals surface area (Å²) in [4.78, 5) is 40.7. The Labute approximate surface area is 213 Å². The Balaban J connectivity index is 0.000000762. The lowest BCUT2D eigenvalue weighted by molar-refractivity contribution is -0.148. The number of aliphatic imine (C=N–C) groups is 1. The maximum absolute atomic E-state index is 13.5. The number of likely N-dealkylation sites (N-methyl/N-ethyl adjacent to an activating group) is 1.